The van der Waals surface area contributed by atoms with E-state index in [9.17, 15) is 14.4 Å². The molecule has 0 spiro atoms. The monoisotopic (exact) mass is 531 g/mol. The lowest BCUT2D eigenvalue weighted by atomic mass is 9.80. The van der Waals surface area contributed by atoms with Crippen LogP contribution in [0.1, 0.15) is 34.3 Å². The summed E-state index contributed by atoms with van der Waals surface area (Å²) in [5, 5.41) is 12.1. The van der Waals surface area contributed by atoms with Crippen LogP contribution in [0.4, 0.5) is 0 Å². The quantitative estimate of drug-likeness (QED) is 0.450. The normalized spacial score (nSPS) is 17.1. The van der Waals surface area contributed by atoms with Gasteiger partial charge in [0, 0.05) is 28.3 Å². The van der Waals surface area contributed by atoms with Crippen LogP contribution in [0, 0.1) is 3.57 Å². The highest BCUT2D eigenvalue weighted by Gasteiger charge is 2.42. The van der Waals surface area contributed by atoms with Crippen molar-refractivity contribution in [3.05, 3.63) is 79.6 Å². The molecule has 1 aliphatic carbocycles. The number of methoxy groups -OCH3 is 1. The van der Waals surface area contributed by atoms with Crippen molar-refractivity contribution in [1.29, 1.82) is 0 Å². The Kier molecular flexibility index (Phi) is 5.57. The highest BCUT2D eigenvalue weighted by atomic mass is 127. The average Bonchev–Trinajstić information content (AvgIpc) is 3.03. The molecule has 2 aliphatic rings. The van der Waals surface area contributed by atoms with Gasteiger partial charge in [-0.15, -0.1) is 0 Å². The molecule has 4 rings (SSSR count). The van der Waals surface area contributed by atoms with E-state index in [4.69, 9.17) is 14.6 Å². The number of ether oxygens (including phenoxy) is 2. The number of hydrogen-bond acceptors (Lipinski definition) is 6. The van der Waals surface area contributed by atoms with Crippen LogP contribution in [-0.4, -0.2) is 36.5 Å². The van der Waals surface area contributed by atoms with Gasteiger partial charge in [-0.3, -0.25) is 4.79 Å². The first-order chi connectivity index (χ1) is 14.8. The molecule has 2 aromatic carbocycles. The number of allylic oxidation sites excluding steroid dienone is 2. The van der Waals surface area contributed by atoms with E-state index in [-0.39, 0.29) is 5.78 Å². The van der Waals surface area contributed by atoms with Crippen LogP contribution in [0.3, 0.4) is 0 Å². The molecule has 31 heavy (non-hydrogen) atoms. The highest BCUT2D eigenvalue weighted by Crippen LogP contribution is 2.47. The maximum atomic E-state index is 13.3. The third-order valence-corrected chi connectivity index (χ3v) is 6.14. The van der Waals surface area contributed by atoms with E-state index >= 15 is 0 Å². The zero-order valence-electron chi connectivity index (χ0n) is 16.7. The molecule has 7 nitrogen and oxygen atoms in total. The van der Waals surface area contributed by atoms with Gasteiger partial charge in [0.15, 0.2) is 12.4 Å². The zero-order valence-corrected chi connectivity index (χ0v) is 18.8. The molecule has 1 aliphatic heterocycles. The van der Waals surface area contributed by atoms with E-state index in [0.717, 1.165) is 5.56 Å². The number of carbonyl (C=O) groups excluding carboxylic acids is 2. The predicted octanol–water partition coefficient (Wildman–Crippen LogP) is 3.50. The van der Waals surface area contributed by atoms with Gasteiger partial charge in [0.1, 0.15) is 5.75 Å². The van der Waals surface area contributed by atoms with Gasteiger partial charge >= 0.3 is 11.9 Å². The van der Waals surface area contributed by atoms with Crippen molar-refractivity contribution in [1.82, 2.24) is 5.32 Å². The molecule has 0 saturated carbocycles. The van der Waals surface area contributed by atoms with Gasteiger partial charge in [-0.05, 0) is 47.2 Å². The van der Waals surface area contributed by atoms with E-state index in [2.05, 4.69) is 5.32 Å². The van der Waals surface area contributed by atoms with E-state index < -0.39 is 24.5 Å². The summed E-state index contributed by atoms with van der Waals surface area (Å²) < 4.78 is 11.0. The molecule has 1 heterocycles. The van der Waals surface area contributed by atoms with Crippen LogP contribution in [0.15, 0.2) is 59.3 Å². The van der Waals surface area contributed by atoms with Gasteiger partial charge in [0.2, 0.25) is 0 Å². The number of aliphatic carboxylic acids is 1. The number of dihydropyridines is 1. The minimum atomic E-state index is -1.08. The Labute approximate surface area is 191 Å². The first-order valence-corrected chi connectivity index (χ1v) is 10.5. The molecular weight excluding hydrogens is 513 g/mol. The van der Waals surface area contributed by atoms with Crippen molar-refractivity contribution < 1.29 is 29.0 Å². The fraction of sp³-hybridized carbons (Fsp3) is 0.174. The number of carboxylic acids is 1. The third kappa shape index (κ3) is 3.60. The van der Waals surface area contributed by atoms with E-state index in [1.165, 1.54) is 7.11 Å². The first-order valence-electron chi connectivity index (χ1n) is 9.42. The second kappa shape index (κ2) is 8.18. The summed E-state index contributed by atoms with van der Waals surface area (Å²) in [7, 11) is 1.31. The second-order valence-corrected chi connectivity index (χ2v) is 8.29. The van der Waals surface area contributed by atoms with Crippen molar-refractivity contribution in [3.8, 4) is 5.75 Å². The number of rotatable bonds is 5. The number of esters is 1. The fourth-order valence-corrected chi connectivity index (χ4v) is 4.69. The van der Waals surface area contributed by atoms with Crippen LogP contribution < -0.4 is 10.1 Å². The molecule has 2 aromatic rings. The molecule has 0 amide bonds. The van der Waals surface area contributed by atoms with Gasteiger partial charge in [0.25, 0.3) is 0 Å². The van der Waals surface area contributed by atoms with Crippen LogP contribution in [0.2, 0.25) is 0 Å². The maximum Gasteiger partial charge on any atom is 0.341 e. The number of hydrogen-bond donors (Lipinski definition) is 2. The maximum absolute atomic E-state index is 13.3. The summed E-state index contributed by atoms with van der Waals surface area (Å²) in [5.74, 6) is -1.96. The van der Waals surface area contributed by atoms with E-state index in [1.54, 1.807) is 31.2 Å². The van der Waals surface area contributed by atoms with Crippen LogP contribution in [0.5, 0.6) is 5.75 Å². The predicted molar refractivity (Wildman–Crippen MR) is 121 cm³/mol. The summed E-state index contributed by atoms with van der Waals surface area (Å²) in [6.07, 6.45) is 0. The topological polar surface area (TPSA) is 102 Å². The lowest BCUT2D eigenvalue weighted by molar-refractivity contribution is -0.139. The number of halogens is 1. The smallest absolute Gasteiger partial charge is 0.341 e. The number of fused-ring (bicyclic) bond motifs is 2. The number of Topliss-reactive ketones (excluding diaryl/α,β-unsaturated/α-hetero) is 1. The Morgan fingerprint density at radius 2 is 1.87 bits per heavy atom. The molecule has 0 saturated heterocycles. The van der Waals surface area contributed by atoms with Crippen LogP contribution in [-0.2, 0) is 14.3 Å². The van der Waals surface area contributed by atoms with Gasteiger partial charge in [0.05, 0.1) is 22.0 Å². The minimum absolute atomic E-state index is 0.141. The van der Waals surface area contributed by atoms with E-state index in [1.807, 2.05) is 40.8 Å². The molecule has 158 valence electrons. The highest BCUT2D eigenvalue weighted by molar-refractivity contribution is 14.1. The lowest BCUT2D eigenvalue weighted by Gasteiger charge is -2.29. The van der Waals surface area contributed by atoms with Gasteiger partial charge in [-0.2, -0.15) is 0 Å². The number of carboxylic acid groups (broad SMARTS) is 1. The van der Waals surface area contributed by atoms with Crippen LogP contribution >= 0.6 is 22.6 Å². The van der Waals surface area contributed by atoms with Gasteiger partial charge in [-0.25, -0.2) is 9.59 Å². The molecule has 0 fully saturated rings. The molecule has 8 heteroatoms. The van der Waals surface area contributed by atoms with Crippen molar-refractivity contribution in [2.45, 2.75) is 12.8 Å². The molecule has 2 N–H and O–H groups in total. The Balaban J connectivity index is 1.85. The van der Waals surface area contributed by atoms with Crippen molar-refractivity contribution in [3.63, 3.8) is 0 Å². The summed E-state index contributed by atoms with van der Waals surface area (Å²) in [6, 6.07) is 12.5. The van der Waals surface area contributed by atoms with Crippen molar-refractivity contribution in [2.75, 3.05) is 13.7 Å². The standard InChI is InChI=1S/C23H18INO6/c1-11-18(23(29)30-2)19(12-7-8-16(15(24)9-12)31-10-17(26)27)20-21(25-11)13-5-3-4-6-14(13)22(20)28/h3-9,19,25H,10H2,1-2H3,(H,26,27)/t19-/m1/s1. The Morgan fingerprint density at radius 3 is 2.52 bits per heavy atom. The largest absolute Gasteiger partial charge is 0.481 e. The number of carbonyl (C=O) groups is 3. The molecule has 0 unspecified atom stereocenters. The Bertz CT molecular complexity index is 1200. The lowest BCUT2D eigenvalue weighted by Crippen LogP contribution is -2.29. The number of nitrogens with one attached hydrogen (secondary N) is 1. The number of benzene rings is 2. The average molecular weight is 531 g/mol. The summed E-state index contributed by atoms with van der Waals surface area (Å²) >= 11 is 2.05. The van der Waals surface area contributed by atoms with E-state index in [0.29, 0.717) is 43.0 Å². The molecular formula is C23H18INO6. The SMILES string of the molecule is COC(=O)C1=C(C)NC2=C(C(=O)c3ccccc32)[C@@H]1c1ccc(OCC(=O)O)c(I)c1. The molecule has 0 bridgehead atoms. The summed E-state index contributed by atoms with van der Waals surface area (Å²) in [5.41, 5.74) is 4.24. The fourth-order valence-electron chi connectivity index (χ4n) is 4.00. The Morgan fingerprint density at radius 1 is 1.16 bits per heavy atom. The zero-order chi connectivity index (χ0) is 22.3. The van der Waals surface area contributed by atoms with Crippen LogP contribution in [0.25, 0.3) is 5.70 Å². The molecule has 0 radical (unpaired) electrons. The Hall–Kier alpha value is -3.14. The van der Waals surface area contributed by atoms with Gasteiger partial charge < -0.3 is 19.9 Å². The minimum Gasteiger partial charge on any atom is -0.481 e. The first kappa shape index (κ1) is 21.1. The summed E-state index contributed by atoms with van der Waals surface area (Å²) in [6.45, 7) is 1.32. The second-order valence-electron chi connectivity index (χ2n) is 7.12. The van der Waals surface area contributed by atoms with Crippen molar-refractivity contribution >= 4 is 46.0 Å². The molecule has 0 aromatic heterocycles. The summed E-state index contributed by atoms with van der Waals surface area (Å²) in [4.78, 5) is 36.9. The number of ketones is 1. The third-order valence-electron chi connectivity index (χ3n) is 5.29. The van der Waals surface area contributed by atoms with Gasteiger partial charge in [-0.1, -0.05) is 30.3 Å². The van der Waals surface area contributed by atoms with Crippen molar-refractivity contribution in [2.24, 2.45) is 0 Å². The molecule has 1 atom stereocenters.